The van der Waals surface area contributed by atoms with Gasteiger partial charge in [0.05, 0.1) is 37.5 Å². The molecule has 2 saturated heterocycles. The highest BCUT2D eigenvalue weighted by molar-refractivity contribution is 5.75. The van der Waals surface area contributed by atoms with Crippen molar-refractivity contribution in [1.29, 1.82) is 0 Å². The van der Waals surface area contributed by atoms with Crippen LogP contribution in [0.1, 0.15) is 38.4 Å². The van der Waals surface area contributed by atoms with Gasteiger partial charge in [-0.25, -0.2) is 9.97 Å². The van der Waals surface area contributed by atoms with Crippen molar-refractivity contribution in [3.8, 4) is 0 Å². The normalized spacial score (nSPS) is 22.2. The van der Waals surface area contributed by atoms with E-state index in [0.29, 0.717) is 25.1 Å². The summed E-state index contributed by atoms with van der Waals surface area (Å²) in [4.78, 5) is 22.6. The molecule has 4 N–H and O–H groups in total. The zero-order valence-corrected chi connectivity index (χ0v) is 19.4. The molecule has 3 heterocycles. The fraction of sp³-hybridized carbons (Fsp3) is 0.560. The molecule has 2 aromatic rings. The van der Waals surface area contributed by atoms with Crippen molar-refractivity contribution in [1.82, 2.24) is 14.9 Å². The third-order valence-corrected chi connectivity index (χ3v) is 6.51. The highest BCUT2D eigenvalue weighted by Crippen LogP contribution is 2.34. The SMILES string of the molecule is C.C.NC(=O)CN1CC[C@@H](CNc2ncnc(N3CCOC[C@@H]3c3ccc(C(F)(F)F)cc3)c2F)[C@H](O)C1. The maximum atomic E-state index is 15.5. The summed E-state index contributed by atoms with van der Waals surface area (Å²) in [5, 5.41) is 13.4. The molecule has 38 heavy (non-hydrogen) atoms. The van der Waals surface area contributed by atoms with Gasteiger partial charge in [0, 0.05) is 25.6 Å². The molecular weight excluding hydrogens is 508 g/mol. The zero-order chi connectivity index (χ0) is 25.9. The maximum absolute atomic E-state index is 15.5. The summed E-state index contributed by atoms with van der Waals surface area (Å²) >= 11 is 0. The Bertz CT molecular complexity index is 1060. The van der Waals surface area contributed by atoms with E-state index in [4.69, 9.17) is 10.5 Å². The summed E-state index contributed by atoms with van der Waals surface area (Å²) < 4.78 is 59.9. The van der Waals surface area contributed by atoms with Gasteiger partial charge in [0.15, 0.2) is 11.6 Å². The Morgan fingerprint density at radius 3 is 2.53 bits per heavy atom. The molecular formula is C25H36F4N6O3. The Morgan fingerprint density at radius 2 is 1.89 bits per heavy atom. The number of benzene rings is 1. The number of hydrogen-bond acceptors (Lipinski definition) is 8. The highest BCUT2D eigenvalue weighted by atomic mass is 19.4. The summed E-state index contributed by atoms with van der Waals surface area (Å²) in [6.07, 6.45) is -3.38. The number of nitrogens with one attached hydrogen (secondary N) is 1. The van der Waals surface area contributed by atoms with E-state index in [1.165, 1.54) is 18.5 Å². The first-order valence-corrected chi connectivity index (χ1v) is 11.6. The van der Waals surface area contributed by atoms with Crippen molar-refractivity contribution in [3.63, 3.8) is 0 Å². The fourth-order valence-corrected chi connectivity index (χ4v) is 4.59. The van der Waals surface area contributed by atoms with Crippen LogP contribution in [0.25, 0.3) is 0 Å². The summed E-state index contributed by atoms with van der Waals surface area (Å²) in [6, 6.07) is 4.17. The molecule has 3 atom stereocenters. The molecule has 212 valence electrons. The number of carbonyl (C=O) groups is 1. The fourth-order valence-electron chi connectivity index (χ4n) is 4.59. The molecule has 0 saturated carbocycles. The van der Waals surface area contributed by atoms with E-state index in [1.54, 1.807) is 9.80 Å². The van der Waals surface area contributed by atoms with Crippen LogP contribution in [0.3, 0.4) is 0 Å². The Hall–Kier alpha value is -3.03. The summed E-state index contributed by atoms with van der Waals surface area (Å²) in [5.41, 5.74) is 4.99. The number of alkyl halides is 3. The Morgan fingerprint density at radius 1 is 1.18 bits per heavy atom. The van der Waals surface area contributed by atoms with Crippen molar-refractivity contribution in [2.24, 2.45) is 11.7 Å². The molecule has 0 aliphatic carbocycles. The quantitative estimate of drug-likeness (QED) is 0.456. The Balaban J connectivity index is 0.00000253. The number of aliphatic hydroxyl groups is 1. The van der Waals surface area contributed by atoms with Gasteiger partial charge in [-0.2, -0.15) is 17.6 Å². The van der Waals surface area contributed by atoms with E-state index in [-0.39, 0.29) is 65.2 Å². The number of anilines is 2. The molecule has 2 aliphatic heterocycles. The highest BCUT2D eigenvalue weighted by Gasteiger charge is 2.33. The Kier molecular flexibility index (Phi) is 10.8. The molecule has 0 spiro atoms. The number of nitrogens with zero attached hydrogens (tertiary/aromatic N) is 4. The van der Waals surface area contributed by atoms with Gasteiger partial charge in [-0.3, -0.25) is 9.69 Å². The summed E-state index contributed by atoms with van der Waals surface area (Å²) in [6.45, 7) is 1.94. The van der Waals surface area contributed by atoms with E-state index < -0.39 is 35.6 Å². The number of piperidine rings is 1. The number of carbonyl (C=O) groups excluding carboxylic acids is 1. The van der Waals surface area contributed by atoms with Crippen molar-refractivity contribution in [3.05, 3.63) is 47.5 Å². The zero-order valence-electron chi connectivity index (χ0n) is 19.4. The predicted octanol–water partition coefficient (Wildman–Crippen LogP) is 3.06. The van der Waals surface area contributed by atoms with Crippen LogP contribution in [0, 0.1) is 11.7 Å². The number of aliphatic hydroxyl groups excluding tert-OH is 1. The van der Waals surface area contributed by atoms with E-state index in [0.717, 1.165) is 12.1 Å². The number of likely N-dealkylation sites (tertiary alicyclic amines) is 1. The Labute approximate surface area is 220 Å². The van der Waals surface area contributed by atoms with E-state index in [1.807, 2.05) is 0 Å². The van der Waals surface area contributed by atoms with Gasteiger partial charge in [0.25, 0.3) is 0 Å². The predicted molar refractivity (Wildman–Crippen MR) is 136 cm³/mol. The van der Waals surface area contributed by atoms with Crippen LogP contribution in [-0.4, -0.2) is 77.9 Å². The lowest BCUT2D eigenvalue weighted by atomic mass is 9.93. The second-order valence-corrected chi connectivity index (χ2v) is 8.96. The molecule has 4 rings (SSSR count). The molecule has 0 radical (unpaired) electrons. The summed E-state index contributed by atoms with van der Waals surface area (Å²) in [7, 11) is 0. The number of ether oxygens (including phenoxy) is 1. The molecule has 9 nitrogen and oxygen atoms in total. The topological polar surface area (TPSA) is 117 Å². The number of nitrogens with two attached hydrogens (primary N) is 1. The van der Waals surface area contributed by atoms with Crippen LogP contribution in [0.15, 0.2) is 30.6 Å². The lowest BCUT2D eigenvalue weighted by Crippen LogP contribution is -2.48. The van der Waals surface area contributed by atoms with E-state index in [2.05, 4.69) is 15.3 Å². The van der Waals surface area contributed by atoms with E-state index >= 15 is 4.39 Å². The average molecular weight is 545 g/mol. The minimum absolute atomic E-state index is 0. The van der Waals surface area contributed by atoms with Crippen LogP contribution in [0.5, 0.6) is 0 Å². The molecule has 0 bridgehead atoms. The van der Waals surface area contributed by atoms with Crippen LogP contribution in [0.2, 0.25) is 0 Å². The lowest BCUT2D eigenvalue weighted by molar-refractivity contribution is -0.137. The monoisotopic (exact) mass is 544 g/mol. The molecule has 1 amide bonds. The van der Waals surface area contributed by atoms with Crippen molar-refractivity contribution in [2.45, 2.75) is 39.6 Å². The van der Waals surface area contributed by atoms with Gasteiger partial charge < -0.3 is 25.8 Å². The maximum Gasteiger partial charge on any atom is 0.416 e. The first-order valence-electron chi connectivity index (χ1n) is 11.6. The van der Waals surface area contributed by atoms with Crippen molar-refractivity contribution >= 4 is 17.5 Å². The minimum atomic E-state index is -4.45. The van der Waals surface area contributed by atoms with Gasteiger partial charge in [0.2, 0.25) is 11.7 Å². The number of primary amides is 1. The number of hydrogen-bond donors (Lipinski definition) is 3. The number of amides is 1. The van der Waals surface area contributed by atoms with Gasteiger partial charge >= 0.3 is 6.18 Å². The van der Waals surface area contributed by atoms with Gasteiger partial charge in [-0.1, -0.05) is 27.0 Å². The number of morpholine rings is 1. The average Bonchev–Trinajstić information content (AvgIpc) is 2.83. The van der Waals surface area contributed by atoms with Crippen molar-refractivity contribution < 1.29 is 32.2 Å². The molecule has 13 heteroatoms. The standard InChI is InChI=1S/C23H28F4N6O3.2CH4/c24-20-21(29-9-15-5-6-32(10-18(15)34)11-19(28)35)30-13-31-22(20)33-7-8-36-12-17(33)14-1-3-16(4-2-14)23(25,26)27;;/h1-4,13,15,17-18,34H,5-12H2,(H2,28,35)(H,29,30,31);2*1H4/t15-,17+,18+;;/m0../s1. The molecule has 1 aromatic carbocycles. The summed E-state index contributed by atoms with van der Waals surface area (Å²) in [5.74, 6) is -1.37. The van der Waals surface area contributed by atoms with Crippen molar-refractivity contribution in [2.75, 3.05) is 56.2 Å². The first-order chi connectivity index (χ1) is 17.1. The number of β-amino-alcohol motifs (C(OH)–C–C–N with tert-alkyl or cyclic N) is 1. The first kappa shape index (κ1) is 31.2. The lowest BCUT2D eigenvalue weighted by Gasteiger charge is -2.37. The van der Waals surface area contributed by atoms with E-state index in [9.17, 15) is 23.1 Å². The van der Waals surface area contributed by atoms with Gasteiger partial charge in [-0.15, -0.1) is 0 Å². The molecule has 2 aliphatic rings. The minimum Gasteiger partial charge on any atom is -0.391 e. The molecule has 0 unspecified atom stereocenters. The molecule has 1 aromatic heterocycles. The van der Waals surface area contributed by atoms with Gasteiger partial charge in [-0.05, 0) is 30.7 Å². The third-order valence-electron chi connectivity index (χ3n) is 6.51. The van der Waals surface area contributed by atoms with Crippen LogP contribution < -0.4 is 16.0 Å². The largest absolute Gasteiger partial charge is 0.416 e. The smallest absolute Gasteiger partial charge is 0.391 e. The second-order valence-electron chi connectivity index (χ2n) is 8.96. The number of rotatable bonds is 7. The third kappa shape index (κ3) is 7.29. The van der Waals surface area contributed by atoms with Crippen LogP contribution >= 0.6 is 0 Å². The number of halogens is 4. The van der Waals surface area contributed by atoms with Gasteiger partial charge in [0.1, 0.15) is 6.33 Å². The van der Waals surface area contributed by atoms with Crippen LogP contribution in [0.4, 0.5) is 29.2 Å². The number of aromatic nitrogens is 2. The van der Waals surface area contributed by atoms with Crippen LogP contribution in [-0.2, 0) is 15.7 Å². The molecule has 2 fully saturated rings. The second kappa shape index (κ2) is 13.2.